The van der Waals surface area contributed by atoms with Gasteiger partial charge in [0.05, 0.1) is 0 Å². The molecular formula is C18H29O2. The quantitative estimate of drug-likeness (QED) is 0.677. The Morgan fingerprint density at radius 2 is 1.40 bits per heavy atom. The Hall–Kier alpha value is -1.15. The Morgan fingerprint density at radius 1 is 0.950 bits per heavy atom. The molecule has 1 rings (SSSR count). The maximum atomic E-state index is 10.4. The maximum absolute atomic E-state index is 10.4. The molecule has 0 aliphatic rings. The molecule has 0 atom stereocenters. The van der Waals surface area contributed by atoms with Crippen molar-refractivity contribution in [2.75, 3.05) is 13.2 Å². The van der Waals surface area contributed by atoms with Crippen molar-refractivity contribution in [3.05, 3.63) is 34.4 Å². The van der Waals surface area contributed by atoms with Crippen molar-refractivity contribution in [3.8, 4) is 0 Å². The summed E-state index contributed by atoms with van der Waals surface area (Å²) in [6.45, 7) is 12.2. The smallest absolute Gasteiger partial charge is 0.234 e. The van der Waals surface area contributed by atoms with E-state index in [0.717, 1.165) is 24.3 Å². The summed E-state index contributed by atoms with van der Waals surface area (Å²) >= 11 is 0. The number of benzene rings is 1. The number of carbonyl (C=O) groups excluding carboxylic acids is 1. The highest BCUT2D eigenvalue weighted by Gasteiger charge is 2.01. The lowest BCUT2D eigenvalue weighted by Gasteiger charge is -2.03. The Kier molecular flexibility index (Phi) is 11.0. The van der Waals surface area contributed by atoms with Crippen LogP contribution < -0.4 is 0 Å². The molecular weight excluding hydrogens is 248 g/mol. The SMILES string of the molecule is CCCCOCCCC.Cc1cc(C)c([C]=O)c(C)c1. The second kappa shape index (κ2) is 11.7. The first-order valence-electron chi connectivity index (χ1n) is 7.60. The van der Waals surface area contributed by atoms with E-state index in [2.05, 4.69) is 13.8 Å². The Morgan fingerprint density at radius 3 is 1.75 bits per heavy atom. The van der Waals surface area contributed by atoms with E-state index in [4.69, 9.17) is 4.74 Å². The monoisotopic (exact) mass is 277 g/mol. The van der Waals surface area contributed by atoms with E-state index in [-0.39, 0.29) is 0 Å². The largest absolute Gasteiger partial charge is 0.381 e. The van der Waals surface area contributed by atoms with Gasteiger partial charge >= 0.3 is 0 Å². The predicted molar refractivity (Wildman–Crippen MR) is 86.1 cm³/mol. The van der Waals surface area contributed by atoms with Crippen LogP contribution in [0.2, 0.25) is 0 Å². The third-order valence-electron chi connectivity index (χ3n) is 3.06. The summed E-state index contributed by atoms with van der Waals surface area (Å²) < 4.78 is 5.31. The Balaban J connectivity index is 0.000000370. The maximum Gasteiger partial charge on any atom is 0.234 e. The predicted octanol–water partition coefficient (Wildman–Crippen LogP) is 4.67. The van der Waals surface area contributed by atoms with Gasteiger partial charge in [0.1, 0.15) is 0 Å². The van der Waals surface area contributed by atoms with Crippen LogP contribution in [0.15, 0.2) is 12.1 Å². The van der Waals surface area contributed by atoms with E-state index in [1.807, 2.05) is 39.2 Å². The lowest BCUT2D eigenvalue weighted by molar-refractivity contribution is 0.128. The van der Waals surface area contributed by atoms with Gasteiger partial charge in [-0.1, -0.05) is 44.4 Å². The van der Waals surface area contributed by atoms with E-state index < -0.39 is 0 Å². The van der Waals surface area contributed by atoms with Crippen molar-refractivity contribution in [3.63, 3.8) is 0 Å². The minimum atomic E-state index is 0.704. The van der Waals surface area contributed by atoms with Gasteiger partial charge in [0.15, 0.2) is 0 Å². The standard InChI is InChI=1S/C10H11O.C8H18O/c1-7-4-8(2)10(6-11)9(3)5-7;1-3-5-7-9-8-6-4-2/h4-5H,1-3H3;3-8H2,1-2H3. The van der Waals surface area contributed by atoms with E-state index in [9.17, 15) is 4.79 Å². The molecule has 0 aliphatic carbocycles. The Labute approximate surface area is 124 Å². The van der Waals surface area contributed by atoms with E-state index in [1.54, 1.807) is 0 Å². The molecule has 0 fully saturated rings. The number of rotatable bonds is 7. The van der Waals surface area contributed by atoms with Crippen molar-refractivity contribution in [2.24, 2.45) is 0 Å². The second-order valence-electron chi connectivity index (χ2n) is 5.20. The summed E-state index contributed by atoms with van der Waals surface area (Å²) in [4.78, 5) is 10.4. The molecule has 0 bridgehead atoms. The summed E-state index contributed by atoms with van der Waals surface area (Å²) in [5.74, 6) is 0. The molecule has 0 spiro atoms. The Bertz CT molecular complexity index is 354. The van der Waals surface area contributed by atoms with Crippen LogP contribution in [0.4, 0.5) is 0 Å². The molecule has 1 aromatic carbocycles. The van der Waals surface area contributed by atoms with Crippen LogP contribution in [-0.2, 0) is 9.53 Å². The van der Waals surface area contributed by atoms with Gasteiger partial charge in [-0.3, -0.25) is 4.79 Å². The van der Waals surface area contributed by atoms with E-state index in [0.29, 0.717) is 5.56 Å². The zero-order valence-electron chi connectivity index (χ0n) is 13.7. The molecule has 0 amide bonds. The number of unbranched alkanes of at least 4 members (excludes halogenated alkanes) is 2. The molecule has 0 aromatic heterocycles. The summed E-state index contributed by atoms with van der Waals surface area (Å²) in [5.41, 5.74) is 3.92. The summed E-state index contributed by atoms with van der Waals surface area (Å²) in [6.07, 6.45) is 6.85. The van der Waals surface area contributed by atoms with Crippen LogP contribution in [0.5, 0.6) is 0 Å². The van der Waals surface area contributed by atoms with Crippen LogP contribution >= 0.6 is 0 Å². The molecule has 0 aliphatic heterocycles. The highest BCUT2D eigenvalue weighted by atomic mass is 16.5. The fraction of sp³-hybridized carbons (Fsp3) is 0.611. The number of hydrogen-bond acceptors (Lipinski definition) is 2. The fourth-order valence-electron chi connectivity index (χ4n) is 1.94. The van der Waals surface area contributed by atoms with Crippen LogP contribution in [0.25, 0.3) is 0 Å². The van der Waals surface area contributed by atoms with E-state index in [1.165, 1.54) is 31.2 Å². The second-order valence-corrected chi connectivity index (χ2v) is 5.20. The summed E-state index contributed by atoms with van der Waals surface area (Å²) in [5, 5.41) is 0. The molecule has 1 aromatic rings. The van der Waals surface area contributed by atoms with Crippen LogP contribution in [0, 0.1) is 20.8 Å². The molecule has 2 heteroatoms. The van der Waals surface area contributed by atoms with E-state index >= 15 is 0 Å². The highest BCUT2D eigenvalue weighted by Crippen LogP contribution is 2.13. The van der Waals surface area contributed by atoms with Crippen LogP contribution in [-0.4, -0.2) is 19.5 Å². The molecule has 0 unspecified atom stereocenters. The fourth-order valence-corrected chi connectivity index (χ4v) is 1.94. The number of hydrogen-bond donors (Lipinski definition) is 0. The first-order chi connectivity index (χ1) is 9.56. The summed E-state index contributed by atoms with van der Waals surface area (Å²) in [7, 11) is 0. The third-order valence-corrected chi connectivity index (χ3v) is 3.06. The molecule has 0 saturated heterocycles. The van der Waals surface area contributed by atoms with Crippen molar-refractivity contribution in [2.45, 2.75) is 60.3 Å². The van der Waals surface area contributed by atoms with Crippen LogP contribution in [0.1, 0.15) is 61.8 Å². The average Bonchev–Trinajstić information content (AvgIpc) is 2.39. The average molecular weight is 277 g/mol. The topological polar surface area (TPSA) is 26.3 Å². The van der Waals surface area contributed by atoms with Gasteiger partial charge in [0.25, 0.3) is 0 Å². The lowest BCUT2D eigenvalue weighted by atomic mass is 10.0. The molecule has 20 heavy (non-hydrogen) atoms. The third kappa shape index (κ3) is 8.11. The van der Waals surface area contributed by atoms with Gasteiger partial charge < -0.3 is 4.74 Å². The zero-order valence-corrected chi connectivity index (χ0v) is 13.7. The van der Waals surface area contributed by atoms with Crippen molar-refractivity contribution >= 4 is 6.29 Å². The highest BCUT2D eigenvalue weighted by molar-refractivity contribution is 5.80. The van der Waals surface area contributed by atoms with Crippen molar-refractivity contribution in [1.29, 1.82) is 0 Å². The summed E-state index contributed by atoms with van der Waals surface area (Å²) in [6, 6.07) is 3.99. The molecule has 2 nitrogen and oxygen atoms in total. The minimum absolute atomic E-state index is 0.704. The first kappa shape index (κ1) is 18.9. The van der Waals surface area contributed by atoms with Crippen molar-refractivity contribution in [1.82, 2.24) is 0 Å². The van der Waals surface area contributed by atoms with Gasteiger partial charge in [-0.15, -0.1) is 0 Å². The normalized spacial score (nSPS) is 9.85. The molecule has 0 N–H and O–H groups in total. The van der Waals surface area contributed by atoms with Gasteiger partial charge in [-0.25, -0.2) is 0 Å². The minimum Gasteiger partial charge on any atom is -0.381 e. The van der Waals surface area contributed by atoms with Gasteiger partial charge in [0.2, 0.25) is 6.29 Å². The van der Waals surface area contributed by atoms with Gasteiger partial charge in [-0.2, -0.15) is 0 Å². The van der Waals surface area contributed by atoms with Gasteiger partial charge in [0, 0.05) is 18.8 Å². The number of aryl methyl sites for hydroxylation is 3. The number of ether oxygens (including phenoxy) is 1. The first-order valence-corrected chi connectivity index (χ1v) is 7.60. The molecule has 0 saturated carbocycles. The molecule has 0 heterocycles. The molecule has 113 valence electrons. The van der Waals surface area contributed by atoms with Crippen LogP contribution in [0.3, 0.4) is 0 Å². The lowest BCUT2D eigenvalue weighted by Crippen LogP contribution is -1.95. The zero-order chi connectivity index (χ0) is 15.4. The molecule has 1 radical (unpaired) electrons. The van der Waals surface area contributed by atoms with Gasteiger partial charge in [-0.05, 0) is 44.7 Å². The van der Waals surface area contributed by atoms with Crippen molar-refractivity contribution < 1.29 is 9.53 Å².